The van der Waals surface area contributed by atoms with E-state index in [0.717, 1.165) is 19.3 Å². The summed E-state index contributed by atoms with van der Waals surface area (Å²) in [6.45, 7) is 1.12. The van der Waals surface area contributed by atoms with Crippen molar-refractivity contribution < 1.29 is 19.5 Å². The van der Waals surface area contributed by atoms with Crippen LogP contribution >= 0.6 is 0 Å². The number of nitrogens with zero attached hydrogens (tertiary/aromatic N) is 2. The second kappa shape index (κ2) is 5.37. The fraction of sp³-hybridized carbons (Fsp3) is 0.750. The van der Waals surface area contributed by atoms with Crippen molar-refractivity contribution in [3.63, 3.8) is 0 Å². The standard InChI is InChI=1S/C12H18N2O4/c15-10-5-3-6-13(10)8-11(16)14-7-2-1-4-9(14)12(17)18/h9H,1-8H2,(H,17,18). The second-order valence-electron chi connectivity index (χ2n) is 4.86. The highest BCUT2D eigenvalue weighted by Crippen LogP contribution is 2.18. The van der Waals surface area contributed by atoms with Crippen LogP contribution in [0.4, 0.5) is 0 Å². The van der Waals surface area contributed by atoms with Crippen LogP contribution in [-0.2, 0) is 14.4 Å². The summed E-state index contributed by atoms with van der Waals surface area (Å²) >= 11 is 0. The number of carbonyl (C=O) groups is 3. The van der Waals surface area contributed by atoms with Crippen LogP contribution in [0.1, 0.15) is 32.1 Å². The summed E-state index contributed by atoms with van der Waals surface area (Å²) in [4.78, 5) is 37.6. The maximum Gasteiger partial charge on any atom is 0.326 e. The van der Waals surface area contributed by atoms with E-state index in [1.54, 1.807) is 0 Å². The molecular weight excluding hydrogens is 236 g/mol. The molecule has 0 aromatic rings. The zero-order valence-electron chi connectivity index (χ0n) is 10.3. The maximum atomic E-state index is 12.1. The Morgan fingerprint density at radius 3 is 2.61 bits per heavy atom. The molecule has 6 heteroatoms. The molecule has 1 atom stereocenters. The molecule has 18 heavy (non-hydrogen) atoms. The van der Waals surface area contributed by atoms with Gasteiger partial charge < -0.3 is 14.9 Å². The van der Waals surface area contributed by atoms with Crippen LogP contribution in [0.5, 0.6) is 0 Å². The third-order valence-electron chi connectivity index (χ3n) is 3.61. The molecule has 2 fully saturated rings. The Labute approximate surface area is 106 Å². The smallest absolute Gasteiger partial charge is 0.326 e. The highest BCUT2D eigenvalue weighted by molar-refractivity contribution is 5.88. The van der Waals surface area contributed by atoms with E-state index in [9.17, 15) is 14.4 Å². The van der Waals surface area contributed by atoms with E-state index >= 15 is 0 Å². The molecule has 1 N–H and O–H groups in total. The number of carboxylic acid groups (broad SMARTS) is 1. The molecule has 100 valence electrons. The largest absolute Gasteiger partial charge is 0.480 e. The zero-order valence-corrected chi connectivity index (χ0v) is 10.3. The first-order valence-electron chi connectivity index (χ1n) is 6.39. The molecule has 6 nitrogen and oxygen atoms in total. The maximum absolute atomic E-state index is 12.1. The highest BCUT2D eigenvalue weighted by Gasteiger charge is 2.33. The first-order valence-corrected chi connectivity index (χ1v) is 6.39. The van der Waals surface area contributed by atoms with Gasteiger partial charge in [-0.25, -0.2) is 4.79 Å². The minimum absolute atomic E-state index is 0.00719. The number of amides is 2. The Balaban J connectivity index is 1.97. The first-order chi connectivity index (χ1) is 8.59. The Morgan fingerprint density at radius 2 is 2.00 bits per heavy atom. The molecule has 2 aliphatic heterocycles. The monoisotopic (exact) mass is 254 g/mol. The second-order valence-corrected chi connectivity index (χ2v) is 4.86. The van der Waals surface area contributed by atoms with Gasteiger partial charge >= 0.3 is 5.97 Å². The number of hydrogen-bond acceptors (Lipinski definition) is 3. The number of piperidine rings is 1. The average Bonchev–Trinajstić information content (AvgIpc) is 2.75. The lowest BCUT2D eigenvalue weighted by atomic mass is 10.0. The minimum atomic E-state index is -0.948. The quantitative estimate of drug-likeness (QED) is 0.773. The van der Waals surface area contributed by atoms with Crippen molar-refractivity contribution in [3.8, 4) is 0 Å². The number of carbonyl (C=O) groups excluding carboxylic acids is 2. The van der Waals surface area contributed by atoms with E-state index in [1.165, 1.54) is 9.80 Å². The van der Waals surface area contributed by atoms with Crippen LogP contribution in [0, 0.1) is 0 Å². The van der Waals surface area contributed by atoms with Crippen LogP contribution in [0.15, 0.2) is 0 Å². The molecule has 0 bridgehead atoms. The van der Waals surface area contributed by atoms with Gasteiger partial charge in [-0.2, -0.15) is 0 Å². The molecule has 0 spiro atoms. The highest BCUT2D eigenvalue weighted by atomic mass is 16.4. The van der Waals surface area contributed by atoms with Crippen molar-refractivity contribution in [2.24, 2.45) is 0 Å². The van der Waals surface area contributed by atoms with Gasteiger partial charge in [0.25, 0.3) is 0 Å². The van der Waals surface area contributed by atoms with Crippen LogP contribution in [0.25, 0.3) is 0 Å². The zero-order chi connectivity index (χ0) is 13.1. The van der Waals surface area contributed by atoms with Crippen LogP contribution < -0.4 is 0 Å². The molecule has 0 aromatic carbocycles. The third-order valence-corrected chi connectivity index (χ3v) is 3.61. The first kappa shape index (κ1) is 12.9. The van der Waals surface area contributed by atoms with Gasteiger partial charge in [0.2, 0.25) is 11.8 Å². The van der Waals surface area contributed by atoms with E-state index in [1.807, 2.05) is 0 Å². The average molecular weight is 254 g/mol. The van der Waals surface area contributed by atoms with Crippen molar-refractivity contribution in [1.29, 1.82) is 0 Å². The molecule has 0 saturated carbocycles. The van der Waals surface area contributed by atoms with Gasteiger partial charge in [0, 0.05) is 19.5 Å². The molecule has 2 heterocycles. The minimum Gasteiger partial charge on any atom is -0.480 e. The Hall–Kier alpha value is -1.59. The molecule has 0 radical (unpaired) electrons. The summed E-state index contributed by atoms with van der Waals surface area (Å²) in [6, 6.07) is -0.719. The fourth-order valence-corrected chi connectivity index (χ4v) is 2.61. The van der Waals surface area contributed by atoms with Crippen molar-refractivity contribution in [2.75, 3.05) is 19.6 Å². The molecule has 0 aromatic heterocycles. The van der Waals surface area contributed by atoms with Crippen molar-refractivity contribution >= 4 is 17.8 Å². The number of likely N-dealkylation sites (tertiary alicyclic amines) is 2. The van der Waals surface area contributed by atoms with Gasteiger partial charge in [-0.15, -0.1) is 0 Å². The van der Waals surface area contributed by atoms with E-state index in [4.69, 9.17) is 5.11 Å². The normalized spacial score (nSPS) is 24.4. The molecular formula is C12H18N2O4. The van der Waals surface area contributed by atoms with Crippen molar-refractivity contribution in [1.82, 2.24) is 9.80 Å². The van der Waals surface area contributed by atoms with Crippen LogP contribution in [0.3, 0.4) is 0 Å². The third kappa shape index (κ3) is 2.63. The lowest BCUT2D eigenvalue weighted by molar-refractivity contribution is -0.153. The predicted octanol–water partition coefficient (Wildman–Crippen LogP) is 0.0745. The van der Waals surface area contributed by atoms with E-state index < -0.39 is 12.0 Å². The topological polar surface area (TPSA) is 77.9 Å². The number of rotatable bonds is 3. The van der Waals surface area contributed by atoms with Gasteiger partial charge in [-0.1, -0.05) is 0 Å². The van der Waals surface area contributed by atoms with Crippen molar-refractivity contribution in [2.45, 2.75) is 38.1 Å². The summed E-state index contributed by atoms with van der Waals surface area (Å²) in [6.07, 6.45) is 3.46. The van der Waals surface area contributed by atoms with Gasteiger partial charge in [-0.3, -0.25) is 9.59 Å². The summed E-state index contributed by atoms with van der Waals surface area (Å²) in [5, 5.41) is 9.10. The number of aliphatic carboxylic acids is 1. The van der Waals surface area contributed by atoms with E-state index in [0.29, 0.717) is 25.9 Å². The van der Waals surface area contributed by atoms with Crippen LogP contribution in [0.2, 0.25) is 0 Å². The molecule has 0 aliphatic carbocycles. The summed E-state index contributed by atoms with van der Waals surface area (Å²) in [7, 11) is 0. The number of hydrogen-bond donors (Lipinski definition) is 1. The van der Waals surface area contributed by atoms with Gasteiger partial charge in [0.05, 0.1) is 6.54 Å². The summed E-state index contributed by atoms with van der Waals surface area (Å²) < 4.78 is 0. The fourth-order valence-electron chi connectivity index (χ4n) is 2.61. The van der Waals surface area contributed by atoms with Crippen molar-refractivity contribution in [3.05, 3.63) is 0 Å². The SMILES string of the molecule is O=C(O)C1CCCCN1C(=O)CN1CCCC1=O. The molecule has 2 rings (SSSR count). The molecule has 2 saturated heterocycles. The molecule has 2 amide bonds. The lowest BCUT2D eigenvalue weighted by Crippen LogP contribution is -2.51. The molecule has 1 unspecified atom stereocenters. The summed E-state index contributed by atoms with van der Waals surface area (Å²) in [5.41, 5.74) is 0. The van der Waals surface area contributed by atoms with Gasteiger partial charge in [-0.05, 0) is 25.7 Å². The van der Waals surface area contributed by atoms with Gasteiger partial charge in [0.1, 0.15) is 6.04 Å². The molecule has 2 aliphatic rings. The Bertz CT molecular complexity index is 369. The number of carboxylic acids is 1. The predicted molar refractivity (Wildman–Crippen MR) is 62.8 cm³/mol. The lowest BCUT2D eigenvalue weighted by Gasteiger charge is -2.34. The Kier molecular flexibility index (Phi) is 3.84. The van der Waals surface area contributed by atoms with E-state index in [-0.39, 0.29) is 18.4 Å². The summed E-state index contributed by atoms with van der Waals surface area (Å²) in [5.74, 6) is -1.19. The van der Waals surface area contributed by atoms with Crippen LogP contribution in [-0.4, -0.2) is 58.4 Å². The Morgan fingerprint density at radius 1 is 1.22 bits per heavy atom. The van der Waals surface area contributed by atoms with Gasteiger partial charge in [0.15, 0.2) is 0 Å². The van der Waals surface area contributed by atoms with E-state index in [2.05, 4.69) is 0 Å².